The van der Waals surface area contributed by atoms with Crippen molar-refractivity contribution in [1.29, 1.82) is 0 Å². The van der Waals surface area contributed by atoms with E-state index in [1.807, 2.05) is 31.4 Å². The molecule has 5 nitrogen and oxygen atoms in total. The molecule has 1 aliphatic rings. The highest BCUT2D eigenvalue weighted by Gasteiger charge is 2.14. The SMILES string of the molecule is Cn1cc(NCC2CCC=CO2)c(-c2ccccn2)n1. The summed E-state index contributed by atoms with van der Waals surface area (Å²) in [6.45, 7) is 0.774. The minimum atomic E-state index is 0.219. The van der Waals surface area contributed by atoms with Crippen LogP contribution in [0.3, 0.4) is 0 Å². The average Bonchev–Trinajstić information content (AvgIpc) is 2.88. The second-order valence-corrected chi connectivity index (χ2v) is 4.87. The summed E-state index contributed by atoms with van der Waals surface area (Å²) in [7, 11) is 1.91. The molecule has 1 atom stereocenters. The first kappa shape index (κ1) is 12.7. The van der Waals surface area contributed by atoms with Gasteiger partial charge in [-0.25, -0.2) is 0 Å². The van der Waals surface area contributed by atoms with Crippen molar-refractivity contribution in [2.45, 2.75) is 18.9 Å². The van der Waals surface area contributed by atoms with E-state index in [1.165, 1.54) is 0 Å². The summed E-state index contributed by atoms with van der Waals surface area (Å²) in [6.07, 6.45) is 9.94. The van der Waals surface area contributed by atoms with Crippen molar-refractivity contribution in [2.75, 3.05) is 11.9 Å². The largest absolute Gasteiger partial charge is 0.497 e. The molecular weight excluding hydrogens is 252 g/mol. The van der Waals surface area contributed by atoms with E-state index >= 15 is 0 Å². The van der Waals surface area contributed by atoms with Crippen molar-refractivity contribution in [3.8, 4) is 11.4 Å². The lowest BCUT2D eigenvalue weighted by atomic mass is 10.1. The minimum absolute atomic E-state index is 0.219. The Morgan fingerprint density at radius 2 is 2.40 bits per heavy atom. The van der Waals surface area contributed by atoms with E-state index in [0.29, 0.717) is 0 Å². The van der Waals surface area contributed by atoms with Gasteiger partial charge in [0, 0.05) is 19.4 Å². The maximum Gasteiger partial charge on any atom is 0.134 e. The van der Waals surface area contributed by atoms with Crippen LogP contribution in [-0.4, -0.2) is 27.4 Å². The van der Waals surface area contributed by atoms with Crippen molar-refractivity contribution in [2.24, 2.45) is 7.05 Å². The summed E-state index contributed by atoms with van der Waals surface area (Å²) in [5.41, 5.74) is 2.74. The Balaban J connectivity index is 1.74. The van der Waals surface area contributed by atoms with Gasteiger partial charge in [-0.2, -0.15) is 5.10 Å². The zero-order valence-electron chi connectivity index (χ0n) is 11.5. The van der Waals surface area contributed by atoms with Crippen molar-refractivity contribution in [3.63, 3.8) is 0 Å². The van der Waals surface area contributed by atoms with Gasteiger partial charge in [-0.3, -0.25) is 9.67 Å². The summed E-state index contributed by atoms with van der Waals surface area (Å²) in [5, 5.41) is 7.90. The standard InChI is InChI=1S/C15H18N4O/c1-19-11-14(17-10-12-6-3-5-9-20-12)15(18-19)13-7-2-4-8-16-13/h2,4-5,7-9,11-12,17H,3,6,10H2,1H3. The molecule has 3 heterocycles. The van der Waals surface area contributed by atoms with Crippen LogP contribution in [0.25, 0.3) is 11.4 Å². The van der Waals surface area contributed by atoms with Gasteiger partial charge in [-0.1, -0.05) is 6.07 Å². The second-order valence-electron chi connectivity index (χ2n) is 4.87. The first-order valence-electron chi connectivity index (χ1n) is 6.82. The predicted molar refractivity (Wildman–Crippen MR) is 78.2 cm³/mol. The molecule has 0 saturated heterocycles. The Labute approximate surface area is 118 Å². The minimum Gasteiger partial charge on any atom is -0.497 e. The van der Waals surface area contributed by atoms with Crippen LogP contribution in [0.1, 0.15) is 12.8 Å². The molecule has 0 aromatic carbocycles. The van der Waals surface area contributed by atoms with Gasteiger partial charge >= 0.3 is 0 Å². The van der Waals surface area contributed by atoms with E-state index in [1.54, 1.807) is 17.1 Å². The molecule has 2 aromatic rings. The summed E-state index contributed by atoms with van der Waals surface area (Å²) in [4.78, 5) is 4.36. The second kappa shape index (κ2) is 5.77. The molecular formula is C15H18N4O. The summed E-state index contributed by atoms with van der Waals surface area (Å²) < 4.78 is 7.37. The third-order valence-corrected chi connectivity index (χ3v) is 3.28. The number of nitrogens with one attached hydrogen (secondary N) is 1. The molecule has 1 unspecified atom stereocenters. The molecule has 20 heavy (non-hydrogen) atoms. The Kier molecular flexibility index (Phi) is 3.67. The first-order valence-corrected chi connectivity index (χ1v) is 6.82. The highest BCUT2D eigenvalue weighted by molar-refractivity contribution is 5.71. The molecule has 0 bridgehead atoms. The molecule has 1 N–H and O–H groups in total. The van der Waals surface area contributed by atoms with Crippen LogP contribution in [0.2, 0.25) is 0 Å². The van der Waals surface area contributed by atoms with Crippen LogP contribution >= 0.6 is 0 Å². The highest BCUT2D eigenvalue weighted by atomic mass is 16.5. The lowest BCUT2D eigenvalue weighted by Gasteiger charge is -2.20. The molecule has 0 spiro atoms. The number of aromatic nitrogens is 3. The molecule has 0 saturated carbocycles. The predicted octanol–water partition coefficient (Wildman–Crippen LogP) is 2.59. The van der Waals surface area contributed by atoms with Crippen LogP contribution in [0.4, 0.5) is 5.69 Å². The van der Waals surface area contributed by atoms with Crippen molar-refractivity contribution in [1.82, 2.24) is 14.8 Å². The van der Waals surface area contributed by atoms with Gasteiger partial charge in [0.15, 0.2) is 0 Å². The van der Waals surface area contributed by atoms with Crippen molar-refractivity contribution in [3.05, 3.63) is 42.9 Å². The van der Waals surface area contributed by atoms with E-state index in [0.717, 1.165) is 36.5 Å². The topological polar surface area (TPSA) is 52.0 Å². The van der Waals surface area contributed by atoms with Gasteiger partial charge in [-0.05, 0) is 31.1 Å². The van der Waals surface area contributed by atoms with Gasteiger partial charge < -0.3 is 10.1 Å². The summed E-state index contributed by atoms with van der Waals surface area (Å²) in [5.74, 6) is 0. The number of anilines is 1. The third kappa shape index (κ3) is 2.82. The van der Waals surface area contributed by atoms with Crippen molar-refractivity contribution >= 4 is 5.69 Å². The van der Waals surface area contributed by atoms with Gasteiger partial charge in [0.05, 0.1) is 24.2 Å². The molecule has 104 valence electrons. The fraction of sp³-hybridized carbons (Fsp3) is 0.333. The number of ether oxygens (including phenoxy) is 1. The zero-order valence-corrected chi connectivity index (χ0v) is 11.5. The summed E-state index contributed by atoms with van der Waals surface area (Å²) in [6, 6.07) is 5.84. The molecule has 3 rings (SSSR count). The van der Waals surface area contributed by atoms with Crippen LogP contribution in [0.15, 0.2) is 42.9 Å². The maximum absolute atomic E-state index is 5.57. The normalized spacial score (nSPS) is 17.8. The molecule has 0 fully saturated rings. The maximum atomic E-state index is 5.57. The number of hydrogen-bond donors (Lipinski definition) is 1. The number of allylic oxidation sites excluding steroid dienone is 1. The number of hydrogen-bond acceptors (Lipinski definition) is 4. The van der Waals surface area contributed by atoms with Gasteiger partial charge in [0.2, 0.25) is 0 Å². The smallest absolute Gasteiger partial charge is 0.134 e. The fourth-order valence-corrected chi connectivity index (χ4v) is 2.27. The Morgan fingerprint density at radius 3 is 3.15 bits per heavy atom. The van der Waals surface area contributed by atoms with Gasteiger partial charge in [-0.15, -0.1) is 0 Å². The Morgan fingerprint density at radius 1 is 1.45 bits per heavy atom. The Hall–Kier alpha value is -2.30. The number of nitrogens with zero attached hydrogens (tertiary/aromatic N) is 3. The van der Waals surface area contributed by atoms with Crippen LogP contribution in [0, 0.1) is 0 Å². The first-order chi connectivity index (χ1) is 9.83. The highest BCUT2D eigenvalue weighted by Crippen LogP contribution is 2.24. The van der Waals surface area contributed by atoms with E-state index in [4.69, 9.17) is 4.74 Å². The fourth-order valence-electron chi connectivity index (χ4n) is 2.27. The number of aryl methyl sites for hydroxylation is 1. The molecule has 5 heteroatoms. The monoisotopic (exact) mass is 270 g/mol. The number of rotatable bonds is 4. The average molecular weight is 270 g/mol. The molecule has 0 radical (unpaired) electrons. The molecule has 0 amide bonds. The Bertz CT molecular complexity index is 591. The van der Waals surface area contributed by atoms with Gasteiger partial charge in [0.1, 0.15) is 11.8 Å². The van der Waals surface area contributed by atoms with E-state index in [2.05, 4.69) is 21.5 Å². The van der Waals surface area contributed by atoms with E-state index < -0.39 is 0 Å². The lowest BCUT2D eigenvalue weighted by molar-refractivity contribution is 0.135. The van der Waals surface area contributed by atoms with Gasteiger partial charge in [0.25, 0.3) is 0 Å². The van der Waals surface area contributed by atoms with E-state index in [-0.39, 0.29) is 6.10 Å². The quantitative estimate of drug-likeness (QED) is 0.927. The number of pyridine rings is 1. The van der Waals surface area contributed by atoms with Crippen LogP contribution < -0.4 is 5.32 Å². The van der Waals surface area contributed by atoms with Crippen molar-refractivity contribution < 1.29 is 4.74 Å². The van der Waals surface area contributed by atoms with Crippen LogP contribution in [0.5, 0.6) is 0 Å². The third-order valence-electron chi connectivity index (χ3n) is 3.28. The van der Waals surface area contributed by atoms with E-state index in [9.17, 15) is 0 Å². The zero-order chi connectivity index (χ0) is 13.8. The summed E-state index contributed by atoms with van der Waals surface area (Å²) >= 11 is 0. The molecule has 2 aromatic heterocycles. The molecule has 0 aliphatic carbocycles. The molecule has 1 aliphatic heterocycles. The van der Waals surface area contributed by atoms with Crippen LogP contribution in [-0.2, 0) is 11.8 Å². The lowest BCUT2D eigenvalue weighted by Crippen LogP contribution is -2.23.